The molecule has 0 unspecified atom stereocenters. The van der Waals surface area contributed by atoms with Crippen LogP contribution in [0, 0.1) is 19.8 Å². The van der Waals surface area contributed by atoms with Crippen LogP contribution < -0.4 is 5.32 Å². The van der Waals surface area contributed by atoms with E-state index >= 15 is 0 Å². The van der Waals surface area contributed by atoms with E-state index in [1.807, 2.05) is 19.9 Å². The molecule has 1 atom stereocenters. The molecule has 2 aromatic rings. The Morgan fingerprint density at radius 1 is 1.36 bits per heavy atom. The van der Waals surface area contributed by atoms with Crippen LogP contribution in [-0.2, 0) is 11.2 Å². The van der Waals surface area contributed by atoms with Crippen LogP contribution in [0.25, 0.3) is 11.0 Å². The standard InChI is InChI=1S/C17H25N3O2/c1-10(2)9-14(21)17(22)18-8-7-15-19-13-6-5-11(3)12(4)16(13)20-15/h5-6,10,14,21H,7-9H2,1-4H3,(H,18,22)(H,19,20)/t14-/m1/s1. The summed E-state index contributed by atoms with van der Waals surface area (Å²) in [5.41, 5.74) is 4.40. The molecular weight excluding hydrogens is 278 g/mol. The van der Waals surface area contributed by atoms with E-state index in [0.29, 0.717) is 25.3 Å². The van der Waals surface area contributed by atoms with Gasteiger partial charge in [0.25, 0.3) is 0 Å². The van der Waals surface area contributed by atoms with Gasteiger partial charge in [0.05, 0.1) is 11.0 Å². The van der Waals surface area contributed by atoms with E-state index in [2.05, 4.69) is 35.2 Å². The Labute approximate surface area is 131 Å². The molecule has 3 N–H and O–H groups in total. The lowest BCUT2D eigenvalue weighted by Gasteiger charge is -2.12. The average Bonchev–Trinajstić information content (AvgIpc) is 2.86. The van der Waals surface area contributed by atoms with Gasteiger partial charge in [-0.25, -0.2) is 4.98 Å². The summed E-state index contributed by atoms with van der Waals surface area (Å²) >= 11 is 0. The first-order valence-corrected chi connectivity index (χ1v) is 7.79. The van der Waals surface area contributed by atoms with Gasteiger partial charge in [0, 0.05) is 13.0 Å². The molecule has 5 heteroatoms. The van der Waals surface area contributed by atoms with Gasteiger partial charge in [-0.05, 0) is 43.4 Å². The fraction of sp³-hybridized carbons (Fsp3) is 0.529. The largest absolute Gasteiger partial charge is 0.383 e. The van der Waals surface area contributed by atoms with Gasteiger partial charge >= 0.3 is 0 Å². The number of benzene rings is 1. The van der Waals surface area contributed by atoms with Gasteiger partial charge in [-0.1, -0.05) is 19.9 Å². The Morgan fingerprint density at radius 3 is 2.77 bits per heavy atom. The van der Waals surface area contributed by atoms with Gasteiger partial charge < -0.3 is 15.4 Å². The fourth-order valence-corrected chi connectivity index (χ4v) is 2.46. The number of nitrogens with one attached hydrogen (secondary N) is 2. The van der Waals surface area contributed by atoms with Crippen LogP contribution in [0.4, 0.5) is 0 Å². The number of imidazole rings is 1. The average molecular weight is 303 g/mol. The molecule has 5 nitrogen and oxygen atoms in total. The molecule has 22 heavy (non-hydrogen) atoms. The number of aryl methyl sites for hydroxylation is 2. The zero-order chi connectivity index (χ0) is 16.3. The second kappa shape index (κ2) is 6.92. The quantitative estimate of drug-likeness (QED) is 0.766. The van der Waals surface area contributed by atoms with Crippen molar-refractivity contribution >= 4 is 16.9 Å². The Morgan fingerprint density at radius 2 is 2.09 bits per heavy atom. The molecule has 0 fully saturated rings. The maximum Gasteiger partial charge on any atom is 0.248 e. The lowest BCUT2D eigenvalue weighted by Crippen LogP contribution is -2.36. The van der Waals surface area contributed by atoms with Crippen molar-refractivity contribution in [2.75, 3.05) is 6.54 Å². The highest BCUT2D eigenvalue weighted by atomic mass is 16.3. The van der Waals surface area contributed by atoms with Crippen molar-refractivity contribution in [3.05, 3.63) is 29.1 Å². The molecule has 1 aromatic heterocycles. The lowest BCUT2D eigenvalue weighted by molar-refractivity contribution is -0.130. The van der Waals surface area contributed by atoms with Gasteiger partial charge in [0.1, 0.15) is 11.9 Å². The molecule has 120 valence electrons. The number of hydrogen-bond acceptors (Lipinski definition) is 3. The summed E-state index contributed by atoms with van der Waals surface area (Å²) in [5, 5.41) is 12.5. The van der Waals surface area contributed by atoms with Crippen LogP contribution in [0.3, 0.4) is 0 Å². The minimum atomic E-state index is -0.930. The second-order valence-corrected chi connectivity index (χ2v) is 6.27. The molecule has 0 aliphatic carbocycles. The highest BCUT2D eigenvalue weighted by Gasteiger charge is 2.16. The highest BCUT2D eigenvalue weighted by molar-refractivity contribution is 5.81. The molecule has 1 heterocycles. The van der Waals surface area contributed by atoms with Crippen LogP contribution in [0.5, 0.6) is 0 Å². The summed E-state index contributed by atoms with van der Waals surface area (Å²) in [6.45, 7) is 8.56. The Hall–Kier alpha value is -1.88. The predicted octanol–water partition coefficient (Wildman–Crippen LogP) is 2.25. The van der Waals surface area contributed by atoms with Crippen molar-refractivity contribution in [1.29, 1.82) is 0 Å². The van der Waals surface area contributed by atoms with Crippen molar-refractivity contribution < 1.29 is 9.90 Å². The van der Waals surface area contributed by atoms with E-state index in [0.717, 1.165) is 16.9 Å². The Kier molecular flexibility index (Phi) is 5.19. The van der Waals surface area contributed by atoms with Crippen LogP contribution in [0.1, 0.15) is 37.2 Å². The zero-order valence-electron chi connectivity index (χ0n) is 13.7. The topological polar surface area (TPSA) is 78.0 Å². The van der Waals surface area contributed by atoms with E-state index < -0.39 is 6.10 Å². The van der Waals surface area contributed by atoms with Gasteiger partial charge in [-0.15, -0.1) is 0 Å². The molecule has 1 aromatic carbocycles. The molecule has 0 bridgehead atoms. The summed E-state index contributed by atoms with van der Waals surface area (Å²) in [4.78, 5) is 19.6. The fourth-order valence-electron chi connectivity index (χ4n) is 2.46. The molecule has 0 saturated heterocycles. The number of aromatic amines is 1. The summed E-state index contributed by atoms with van der Waals surface area (Å²) in [6.07, 6.45) is 0.169. The summed E-state index contributed by atoms with van der Waals surface area (Å²) < 4.78 is 0. The van der Waals surface area contributed by atoms with E-state index in [4.69, 9.17) is 0 Å². The third-order valence-corrected chi connectivity index (χ3v) is 3.89. The molecule has 0 aliphatic heterocycles. The number of nitrogens with zero attached hydrogens (tertiary/aromatic N) is 1. The van der Waals surface area contributed by atoms with E-state index in [1.165, 1.54) is 11.1 Å². The number of aromatic nitrogens is 2. The predicted molar refractivity (Wildman–Crippen MR) is 87.7 cm³/mol. The molecule has 0 aliphatic rings. The SMILES string of the molecule is Cc1ccc2[nH]c(CCNC(=O)[C@H](O)CC(C)C)nc2c1C. The van der Waals surface area contributed by atoms with Crippen molar-refractivity contribution in [1.82, 2.24) is 15.3 Å². The highest BCUT2D eigenvalue weighted by Crippen LogP contribution is 2.19. The van der Waals surface area contributed by atoms with E-state index in [9.17, 15) is 9.90 Å². The van der Waals surface area contributed by atoms with Crippen LogP contribution in [0.2, 0.25) is 0 Å². The number of H-pyrrole nitrogens is 1. The molecule has 2 rings (SSSR count). The first-order valence-electron chi connectivity index (χ1n) is 7.79. The monoisotopic (exact) mass is 303 g/mol. The second-order valence-electron chi connectivity index (χ2n) is 6.27. The molecule has 0 saturated carbocycles. The smallest absolute Gasteiger partial charge is 0.248 e. The van der Waals surface area contributed by atoms with Gasteiger partial charge in [0.2, 0.25) is 5.91 Å². The Bertz CT molecular complexity index is 661. The number of amides is 1. The minimum Gasteiger partial charge on any atom is -0.383 e. The number of aliphatic hydroxyl groups excluding tert-OH is 1. The number of fused-ring (bicyclic) bond motifs is 1. The van der Waals surface area contributed by atoms with Crippen molar-refractivity contribution in [2.45, 2.75) is 46.6 Å². The van der Waals surface area contributed by atoms with Crippen molar-refractivity contribution in [2.24, 2.45) is 5.92 Å². The lowest BCUT2D eigenvalue weighted by atomic mass is 10.1. The van der Waals surface area contributed by atoms with Crippen LogP contribution in [0.15, 0.2) is 12.1 Å². The first-order chi connectivity index (χ1) is 10.4. The first kappa shape index (κ1) is 16.5. The number of hydrogen-bond donors (Lipinski definition) is 3. The number of carbonyl (C=O) groups is 1. The molecule has 1 amide bonds. The van der Waals surface area contributed by atoms with Crippen molar-refractivity contribution in [3.63, 3.8) is 0 Å². The van der Waals surface area contributed by atoms with Crippen LogP contribution in [-0.4, -0.2) is 33.6 Å². The third kappa shape index (κ3) is 3.85. The maximum atomic E-state index is 11.7. The number of carbonyl (C=O) groups excluding carboxylic acids is 1. The number of aliphatic hydroxyl groups is 1. The van der Waals surface area contributed by atoms with Gasteiger partial charge in [-0.2, -0.15) is 0 Å². The van der Waals surface area contributed by atoms with Crippen LogP contribution >= 0.6 is 0 Å². The van der Waals surface area contributed by atoms with Gasteiger partial charge in [-0.3, -0.25) is 4.79 Å². The van der Waals surface area contributed by atoms with E-state index in [1.54, 1.807) is 0 Å². The zero-order valence-corrected chi connectivity index (χ0v) is 13.7. The van der Waals surface area contributed by atoms with Crippen molar-refractivity contribution in [3.8, 4) is 0 Å². The third-order valence-electron chi connectivity index (χ3n) is 3.89. The normalized spacial score (nSPS) is 12.8. The summed E-state index contributed by atoms with van der Waals surface area (Å²) in [5.74, 6) is 0.835. The molecule has 0 radical (unpaired) electrons. The molecular formula is C17H25N3O2. The minimum absolute atomic E-state index is 0.294. The van der Waals surface area contributed by atoms with E-state index in [-0.39, 0.29) is 5.91 Å². The summed E-state index contributed by atoms with van der Waals surface area (Å²) in [7, 11) is 0. The maximum absolute atomic E-state index is 11.7. The number of rotatable bonds is 6. The molecule has 0 spiro atoms. The summed E-state index contributed by atoms with van der Waals surface area (Å²) in [6, 6.07) is 4.10. The Balaban J connectivity index is 1.92. The van der Waals surface area contributed by atoms with Gasteiger partial charge in [0.15, 0.2) is 0 Å².